The van der Waals surface area contributed by atoms with Gasteiger partial charge in [-0.1, -0.05) is 29.5 Å². The summed E-state index contributed by atoms with van der Waals surface area (Å²) < 4.78 is 11.4. The van der Waals surface area contributed by atoms with E-state index in [1.807, 2.05) is 25.1 Å². The molecular formula is C27H22N2O5S. The quantitative estimate of drug-likeness (QED) is 0.236. The van der Waals surface area contributed by atoms with Crippen LogP contribution in [0.1, 0.15) is 22.7 Å². The number of aliphatic hydroxyl groups is 1. The maximum atomic E-state index is 13.4. The van der Waals surface area contributed by atoms with E-state index in [1.54, 1.807) is 62.8 Å². The molecule has 4 aromatic rings. The molecule has 7 nitrogen and oxygen atoms in total. The van der Waals surface area contributed by atoms with Gasteiger partial charge in [-0.15, -0.1) is 0 Å². The van der Waals surface area contributed by atoms with Crippen molar-refractivity contribution in [3.05, 3.63) is 89.0 Å². The number of nitrogens with zero attached hydrogens (tertiary/aromatic N) is 2. The van der Waals surface area contributed by atoms with Crippen molar-refractivity contribution in [2.24, 2.45) is 0 Å². The molecule has 0 bridgehead atoms. The zero-order chi connectivity index (χ0) is 24.7. The molecule has 8 heteroatoms. The molecule has 1 aromatic heterocycles. The van der Waals surface area contributed by atoms with Crippen molar-refractivity contribution >= 4 is 44.1 Å². The summed E-state index contributed by atoms with van der Waals surface area (Å²) in [5, 5.41) is 11.6. The molecule has 1 N–H and O–H groups in total. The molecule has 1 aliphatic heterocycles. The molecular weight excluding hydrogens is 464 g/mol. The maximum Gasteiger partial charge on any atom is 0.301 e. The number of ether oxygens (including phenoxy) is 2. The predicted molar refractivity (Wildman–Crippen MR) is 135 cm³/mol. The third-order valence-corrected chi connectivity index (χ3v) is 7.00. The van der Waals surface area contributed by atoms with Gasteiger partial charge in [-0.25, -0.2) is 4.98 Å². The van der Waals surface area contributed by atoms with Crippen LogP contribution in [0.2, 0.25) is 0 Å². The Morgan fingerprint density at radius 1 is 0.943 bits per heavy atom. The van der Waals surface area contributed by atoms with E-state index in [-0.39, 0.29) is 11.3 Å². The van der Waals surface area contributed by atoms with Crippen LogP contribution in [0.15, 0.2) is 72.3 Å². The van der Waals surface area contributed by atoms with E-state index in [9.17, 15) is 14.7 Å². The Kier molecular flexibility index (Phi) is 5.74. The lowest BCUT2D eigenvalue weighted by atomic mass is 9.95. The van der Waals surface area contributed by atoms with Crippen LogP contribution in [0.4, 0.5) is 5.13 Å². The van der Waals surface area contributed by atoms with Crippen molar-refractivity contribution in [1.82, 2.24) is 4.98 Å². The lowest BCUT2D eigenvalue weighted by Crippen LogP contribution is -2.29. The number of carbonyl (C=O) groups is 2. The van der Waals surface area contributed by atoms with Crippen molar-refractivity contribution in [2.75, 3.05) is 19.1 Å². The van der Waals surface area contributed by atoms with Gasteiger partial charge in [0, 0.05) is 5.56 Å². The molecule has 0 radical (unpaired) electrons. The van der Waals surface area contributed by atoms with E-state index in [0.717, 1.165) is 15.8 Å². The molecule has 2 heterocycles. The first-order chi connectivity index (χ1) is 16.9. The minimum absolute atomic E-state index is 0.000713. The molecule has 3 aromatic carbocycles. The highest BCUT2D eigenvalue weighted by Crippen LogP contribution is 2.44. The van der Waals surface area contributed by atoms with Crippen molar-refractivity contribution in [1.29, 1.82) is 0 Å². The number of Topliss-reactive ketones (excluding diaryl/α,β-unsaturated/α-hetero) is 1. The standard InChI is InChI=1S/C27H22N2O5S/c1-15-4-13-20-21(14-15)35-27(28-20)29-23(16-5-9-18(33-2)10-6-16)22(25(31)26(29)32)24(30)17-7-11-19(34-3)12-8-17/h4-14,23,30H,1-3H3/t23-/m0/s1. The van der Waals surface area contributed by atoms with Gasteiger partial charge in [-0.2, -0.15) is 0 Å². The number of ketones is 1. The summed E-state index contributed by atoms with van der Waals surface area (Å²) >= 11 is 1.33. The maximum absolute atomic E-state index is 13.4. The fourth-order valence-corrected chi connectivity index (χ4v) is 5.25. The summed E-state index contributed by atoms with van der Waals surface area (Å²) in [6.45, 7) is 1.98. The van der Waals surface area contributed by atoms with Crippen LogP contribution in [0, 0.1) is 6.92 Å². The number of aryl methyl sites for hydroxylation is 1. The van der Waals surface area contributed by atoms with Gasteiger partial charge in [0.2, 0.25) is 0 Å². The van der Waals surface area contributed by atoms with E-state index in [2.05, 4.69) is 4.98 Å². The zero-order valence-corrected chi connectivity index (χ0v) is 20.1. The van der Waals surface area contributed by atoms with Crippen LogP contribution in [0.3, 0.4) is 0 Å². The molecule has 1 saturated heterocycles. The number of thiazole rings is 1. The Balaban J connectivity index is 1.70. The average Bonchev–Trinajstić information content (AvgIpc) is 3.41. The SMILES string of the molecule is COc1ccc(C(O)=C2C(=O)C(=O)N(c3nc4ccc(C)cc4s3)[C@H]2c2ccc(OC)cc2)cc1. The third kappa shape index (κ3) is 3.91. The fraction of sp³-hybridized carbons (Fsp3) is 0.148. The molecule has 1 fully saturated rings. The van der Waals surface area contributed by atoms with Crippen molar-refractivity contribution in [3.63, 3.8) is 0 Å². The number of fused-ring (bicyclic) bond motifs is 1. The van der Waals surface area contributed by atoms with E-state index in [0.29, 0.717) is 27.8 Å². The van der Waals surface area contributed by atoms with Crippen LogP contribution >= 0.6 is 11.3 Å². The average molecular weight is 487 g/mol. The van der Waals surface area contributed by atoms with Crippen LogP contribution < -0.4 is 14.4 Å². The molecule has 0 spiro atoms. The van der Waals surface area contributed by atoms with E-state index >= 15 is 0 Å². The minimum atomic E-state index is -0.857. The third-order valence-electron chi connectivity index (χ3n) is 5.98. The Morgan fingerprint density at radius 2 is 1.57 bits per heavy atom. The van der Waals surface area contributed by atoms with Gasteiger partial charge >= 0.3 is 5.91 Å². The summed E-state index contributed by atoms with van der Waals surface area (Å²) in [5.74, 6) is -0.521. The molecule has 1 amide bonds. The van der Waals surface area contributed by atoms with Crippen molar-refractivity contribution < 1.29 is 24.2 Å². The predicted octanol–water partition coefficient (Wildman–Crippen LogP) is 5.25. The number of amides is 1. The highest BCUT2D eigenvalue weighted by molar-refractivity contribution is 7.22. The monoisotopic (exact) mass is 486 g/mol. The first kappa shape index (κ1) is 22.6. The number of aliphatic hydroxyl groups excluding tert-OH is 1. The molecule has 1 atom stereocenters. The Hall–Kier alpha value is -4.17. The lowest BCUT2D eigenvalue weighted by molar-refractivity contribution is -0.132. The summed E-state index contributed by atoms with van der Waals surface area (Å²) in [5.41, 5.74) is 2.86. The van der Waals surface area contributed by atoms with E-state index in [1.165, 1.54) is 16.2 Å². The number of carbonyl (C=O) groups excluding carboxylic acids is 2. The Labute approximate surface area is 205 Å². The topological polar surface area (TPSA) is 89.0 Å². The van der Waals surface area contributed by atoms with Gasteiger partial charge < -0.3 is 14.6 Å². The zero-order valence-electron chi connectivity index (χ0n) is 19.3. The molecule has 0 aliphatic carbocycles. The van der Waals surface area contributed by atoms with Gasteiger partial charge in [0.15, 0.2) is 5.13 Å². The number of hydrogen-bond donors (Lipinski definition) is 1. The van der Waals surface area contributed by atoms with Gasteiger partial charge in [0.25, 0.3) is 5.78 Å². The van der Waals surface area contributed by atoms with E-state index in [4.69, 9.17) is 9.47 Å². The molecule has 0 unspecified atom stereocenters. The summed E-state index contributed by atoms with van der Waals surface area (Å²) in [6, 6.07) is 18.7. The second-order valence-electron chi connectivity index (χ2n) is 8.14. The van der Waals surface area contributed by atoms with Crippen LogP contribution in [-0.4, -0.2) is 36.0 Å². The van der Waals surface area contributed by atoms with Crippen molar-refractivity contribution in [3.8, 4) is 11.5 Å². The van der Waals surface area contributed by atoms with Crippen molar-refractivity contribution in [2.45, 2.75) is 13.0 Å². The van der Waals surface area contributed by atoms with Gasteiger partial charge in [0.1, 0.15) is 17.3 Å². The number of anilines is 1. The molecule has 176 valence electrons. The summed E-state index contributed by atoms with van der Waals surface area (Å²) in [6.07, 6.45) is 0. The molecule has 1 aliphatic rings. The van der Waals surface area contributed by atoms with Crippen LogP contribution in [0.5, 0.6) is 11.5 Å². The Morgan fingerprint density at radius 3 is 2.20 bits per heavy atom. The fourth-order valence-electron chi connectivity index (χ4n) is 4.16. The van der Waals surface area contributed by atoms with Gasteiger partial charge in [-0.3, -0.25) is 14.5 Å². The smallest absolute Gasteiger partial charge is 0.301 e. The van der Waals surface area contributed by atoms with E-state index < -0.39 is 17.7 Å². The summed E-state index contributed by atoms with van der Waals surface area (Å²) in [4.78, 5) is 32.7. The second kappa shape index (κ2) is 8.88. The number of aromatic nitrogens is 1. The number of rotatable bonds is 5. The minimum Gasteiger partial charge on any atom is -0.507 e. The highest BCUT2D eigenvalue weighted by Gasteiger charge is 2.48. The number of hydrogen-bond acceptors (Lipinski definition) is 7. The Bertz CT molecular complexity index is 1470. The van der Waals surface area contributed by atoms with Crippen LogP contribution in [0.25, 0.3) is 16.0 Å². The number of methoxy groups -OCH3 is 2. The molecule has 5 rings (SSSR count). The van der Waals surface area contributed by atoms with Crippen LogP contribution in [-0.2, 0) is 9.59 Å². The highest BCUT2D eigenvalue weighted by atomic mass is 32.1. The molecule has 0 saturated carbocycles. The first-order valence-corrected chi connectivity index (χ1v) is 11.7. The first-order valence-electron chi connectivity index (χ1n) is 10.9. The largest absolute Gasteiger partial charge is 0.507 e. The molecule has 35 heavy (non-hydrogen) atoms. The van der Waals surface area contributed by atoms with Gasteiger partial charge in [0.05, 0.1) is 36.1 Å². The summed E-state index contributed by atoms with van der Waals surface area (Å²) in [7, 11) is 3.11. The normalized spacial score (nSPS) is 17.2. The lowest BCUT2D eigenvalue weighted by Gasteiger charge is -2.23. The number of benzene rings is 3. The second-order valence-corrected chi connectivity index (χ2v) is 9.15. The van der Waals surface area contributed by atoms with Gasteiger partial charge in [-0.05, 0) is 66.6 Å².